The first-order valence-electron chi connectivity index (χ1n) is 6.99. The molecular weight excluding hydrogens is 250 g/mol. The highest BCUT2D eigenvalue weighted by atomic mass is 16.5. The van der Waals surface area contributed by atoms with Gasteiger partial charge in [0, 0.05) is 11.3 Å². The van der Waals surface area contributed by atoms with Crippen molar-refractivity contribution in [3.63, 3.8) is 0 Å². The predicted molar refractivity (Wildman–Crippen MR) is 83.0 cm³/mol. The molecule has 106 valence electrons. The zero-order chi connectivity index (χ0) is 14.5. The van der Waals surface area contributed by atoms with Gasteiger partial charge in [0.25, 0.3) is 0 Å². The molecule has 0 saturated heterocycles. The van der Waals surface area contributed by atoms with E-state index in [1.54, 1.807) is 12.1 Å². The first-order chi connectivity index (χ1) is 9.63. The zero-order valence-electron chi connectivity index (χ0n) is 12.0. The van der Waals surface area contributed by atoms with Crippen LogP contribution in [0.1, 0.15) is 26.7 Å². The lowest BCUT2D eigenvalue weighted by Gasteiger charge is -2.17. The lowest BCUT2D eigenvalue weighted by atomic mass is 10.0. The largest absolute Gasteiger partial charge is 0.508 e. The average Bonchev–Trinajstić information content (AvgIpc) is 2.47. The maximum atomic E-state index is 9.35. The van der Waals surface area contributed by atoms with Gasteiger partial charge in [-0.2, -0.15) is 0 Å². The van der Waals surface area contributed by atoms with Crippen LogP contribution in [-0.4, -0.2) is 11.2 Å². The Morgan fingerprint density at radius 2 is 1.70 bits per heavy atom. The molecule has 3 nitrogen and oxygen atoms in total. The number of hydrogen-bond acceptors (Lipinski definition) is 3. The molecule has 0 spiro atoms. The Morgan fingerprint density at radius 3 is 2.30 bits per heavy atom. The molecule has 0 saturated carbocycles. The molecule has 20 heavy (non-hydrogen) atoms. The van der Waals surface area contributed by atoms with E-state index in [1.807, 2.05) is 30.3 Å². The Kier molecular flexibility index (Phi) is 4.51. The normalized spacial score (nSPS) is 10.8. The van der Waals surface area contributed by atoms with Crippen molar-refractivity contribution < 1.29 is 9.84 Å². The first-order valence-corrected chi connectivity index (χ1v) is 6.99. The molecule has 0 aliphatic rings. The summed E-state index contributed by atoms with van der Waals surface area (Å²) in [5.41, 5.74) is 8.63. The van der Waals surface area contributed by atoms with E-state index in [2.05, 4.69) is 13.8 Å². The van der Waals surface area contributed by atoms with Crippen LogP contribution < -0.4 is 10.5 Å². The van der Waals surface area contributed by atoms with Crippen LogP contribution in [0.25, 0.3) is 11.1 Å². The summed E-state index contributed by atoms with van der Waals surface area (Å²) >= 11 is 0. The van der Waals surface area contributed by atoms with Crippen molar-refractivity contribution in [2.75, 3.05) is 5.73 Å². The van der Waals surface area contributed by atoms with Crippen molar-refractivity contribution in [1.29, 1.82) is 0 Å². The van der Waals surface area contributed by atoms with E-state index in [1.165, 1.54) is 0 Å². The van der Waals surface area contributed by atoms with Crippen LogP contribution in [0.3, 0.4) is 0 Å². The van der Waals surface area contributed by atoms with Gasteiger partial charge in [-0.25, -0.2) is 0 Å². The van der Waals surface area contributed by atoms with Crippen LogP contribution in [0.5, 0.6) is 11.5 Å². The maximum absolute atomic E-state index is 9.35. The van der Waals surface area contributed by atoms with E-state index in [0.29, 0.717) is 5.69 Å². The molecule has 0 atom stereocenters. The Bertz CT molecular complexity index is 560. The van der Waals surface area contributed by atoms with Gasteiger partial charge in [0.05, 0.1) is 6.10 Å². The Hall–Kier alpha value is -2.16. The molecule has 0 radical (unpaired) electrons. The summed E-state index contributed by atoms with van der Waals surface area (Å²) in [6.45, 7) is 4.23. The fourth-order valence-electron chi connectivity index (χ4n) is 2.15. The third-order valence-corrected chi connectivity index (χ3v) is 3.42. The molecule has 0 aromatic heterocycles. The molecule has 2 aromatic carbocycles. The molecule has 3 N–H and O–H groups in total. The van der Waals surface area contributed by atoms with Crippen LogP contribution in [0.2, 0.25) is 0 Å². The van der Waals surface area contributed by atoms with E-state index >= 15 is 0 Å². The summed E-state index contributed by atoms with van der Waals surface area (Å²) in [6, 6.07) is 12.7. The van der Waals surface area contributed by atoms with Gasteiger partial charge >= 0.3 is 0 Å². The summed E-state index contributed by atoms with van der Waals surface area (Å²) in [4.78, 5) is 0. The van der Waals surface area contributed by atoms with Gasteiger partial charge in [-0.05, 0) is 48.7 Å². The zero-order valence-corrected chi connectivity index (χ0v) is 12.0. The number of nitrogens with two attached hydrogens (primary N) is 1. The summed E-state index contributed by atoms with van der Waals surface area (Å²) in [5.74, 6) is 1.08. The molecular formula is C17H21NO2. The third-order valence-electron chi connectivity index (χ3n) is 3.42. The van der Waals surface area contributed by atoms with Crippen LogP contribution in [-0.2, 0) is 0 Å². The molecule has 2 aromatic rings. The first kappa shape index (κ1) is 14.3. The minimum Gasteiger partial charge on any atom is -0.508 e. The summed E-state index contributed by atoms with van der Waals surface area (Å²) in [5, 5.41) is 9.35. The number of phenolic OH excluding ortho intramolecular Hbond substituents is 1. The van der Waals surface area contributed by atoms with Crippen LogP contribution in [0, 0.1) is 0 Å². The maximum Gasteiger partial charge on any atom is 0.120 e. The van der Waals surface area contributed by atoms with Crippen LogP contribution >= 0.6 is 0 Å². The fourth-order valence-corrected chi connectivity index (χ4v) is 2.15. The second-order valence-electron chi connectivity index (χ2n) is 4.85. The lowest BCUT2D eigenvalue weighted by Crippen LogP contribution is -2.13. The SMILES string of the molecule is CCC(CC)Oc1ccc(N)c(-c2ccc(O)cc2)c1. The monoisotopic (exact) mass is 271 g/mol. The van der Waals surface area contributed by atoms with E-state index in [9.17, 15) is 5.11 Å². The second kappa shape index (κ2) is 6.33. The molecule has 0 aliphatic carbocycles. The number of anilines is 1. The summed E-state index contributed by atoms with van der Waals surface area (Å²) < 4.78 is 5.95. The average molecular weight is 271 g/mol. The topological polar surface area (TPSA) is 55.5 Å². The van der Waals surface area contributed by atoms with E-state index in [-0.39, 0.29) is 11.9 Å². The van der Waals surface area contributed by atoms with Gasteiger partial charge in [-0.15, -0.1) is 0 Å². The standard InChI is InChI=1S/C17H21NO2/c1-3-14(4-2)20-15-9-10-17(18)16(11-15)12-5-7-13(19)8-6-12/h5-11,14,19H,3-4,18H2,1-2H3. The summed E-state index contributed by atoms with van der Waals surface area (Å²) in [6.07, 6.45) is 2.19. The number of rotatable bonds is 5. The van der Waals surface area contributed by atoms with Gasteiger partial charge in [0.1, 0.15) is 11.5 Å². The van der Waals surface area contributed by atoms with Gasteiger partial charge < -0.3 is 15.6 Å². The number of benzene rings is 2. The van der Waals surface area contributed by atoms with Crippen molar-refractivity contribution in [1.82, 2.24) is 0 Å². The second-order valence-corrected chi connectivity index (χ2v) is 4.85. The third kappa shape index (κ3) is 3.23. The number of ether oxygens (including phenoxy) is 1. The fraction of sp³-hybridized carbons (Fsp3) is 0.294. The molecule has 0 fully saturated rings. The van der Waals surface area contributed by atoms with Crippen molar-refractivity contribution in [3.8, 4) is 22.6 Å². The van der Waals surface area contributed by atoms with E-state index < -0.39 is 0 Å². The van der Waals surface area contributed by atoms with Crippen molar-refractivity contribution in [3.05, 3.63) is 42.5 Å². The molecule has 0 heterocycles. The number of aromatic hydroxyl groups is 1. The molecule has 0 aliphatic heterocycles. The Labute approximate surface area is 120 Å². The molecule has 2 rings (SSSR count). The molecule has 3 heteroatoms. The van der Waals surface area contributed by atoms with Gasteiger partial charge in [0.15, 0.2) is 0 Å². The highest BCUT2D eigenvalue weighted by Crippen LogP contribution is 2.31. The highest BCUT2D eigenvalue weighted by molar-refractivity contribution is 5.77. The Morgan fingerprint density at radius 1 is 1.05 bits per heavy atom. The van der Waals surface area contributed by atoms with Crippen molar-refractivity contribution >= 4 is 5.69 Å². The Balaban J connectivity index is 2.31. The van der Waals surface area contributed by atoms with Crippen molar-refractivity contribution in [2.24, 2.45) is 0 Å². The lowest BCUT2D eigenvalue weighted by molar-refractivity contribution is 0.193. The smallest absolute Gasteiger partial charge is 0.120 e. The van der Waals surface area contributed by atoms with Crippen LogP contribution in [0.15, 0.2) is 42.5 Å². The number of nitrogen functional groups attached to an aromatic ring is 1. The molecule has 0 unspecified atom stereocenters. The predicted octanol–water partition coefficient (Wildman–Crippen LogP) is 4.21. The minimum atomic E-state index is 0.228. The number of hydrogen-bond donors (Lipinski definition) is 2. The van der Waals surface area contributed by atoms with Crippen molar-refractivity contribution in [2.45, 2.75) is 32.8 Å². The summed E-state index contributed by atoms with van der Waals surface area (Å²) in [7, 11) is 0. The van der Waals surface area contributed by atoms with Gasteiger partial charge in [-0.1, -0.05) is 26.0 Å². The molecule has 0 amide bonds. The number of phenols is 1. The van der Waals surface area contributed by atoms with E-state index in [0.717, 1.165) is 29.7 Å². The highest BCUT2D eigenvalue weighted by Gasteiger charge is 2.09. The van der Waals surface area contributed by atoms with E-state index in [4.69, 9.17) is 10.5 Å². The van der Waals surface area contributed by atoms with Crippen LogP contribution in [0.4, 0.5) is 5.69 Å². The molecule has 0 bridgehead atoms. The minimum absolute atomic E-state index is 0.228. The van der Waals surface area contributed by atoms with Gasteiger partial charge in [-0.3, -0.25) is 0 Å². The quantitative estimate of drug-likeness (QED) is 0.801. The van der Waals surface area contributed by atoms with Gasteiger partial charge in [0.2, 0.25) is 0 Å².